The molecule has 0 saturated heterocycles. The molecule has 106 valence electrons. The molecule has 0 unspecified atom stereocenters. The maximum atomic E-state index is 5.84. The minimum absolute atomic E-state index is 0.575. The summed E-state index contributed by atoms with van der Waals surface area (Å²) in [6.07, 6.45) is 0. The van der Waals surface area contributed by atoms with Crippen molar-refractivity contribution in [2.45, 2.75) is 6.92 Å². The molecule has 0 aliphatic carbocycles. The molecule has 21 heavy (non-hydrogen) atoms. The van der Waals surface area contributed by atoms with E-state index in [2.05, 4.69) is 31.5 Å². The van der Waals surface area contributed by atoms with Gasteiger partial charge in [-0.2, -0.15) is 4.68 Å². The van der Waals surface area contributed by atoms with Gasteiger partial charge in [-0.3, -0.25) is 0 Å². The molecule has 0 bridgehead atoms. The third kappa shape index (κ3) is 2.59. The van der Waals surface area contributed by atoms with E-state index in [1.54, 1.807) is 22.9 Å². The number of nitrogen functional groups attached to an aromatic ring is 2. The molecule has 7 heteroatoms. The molecule has 0 aliphatic rings. The Bertz CT molecular complexity index is 791. The number of rotatable bonds is 2. The van der Waals surface area contributed by atoms with Crippen LogP contribution in [-0.4, -0.2) is 20.2 Å². The van der Waals surface area contributed by atoms with Gasteiger partial charge in [0.2, 0.25) is 0 Å². The van der Waals surface area contributed by atoms with Gasteiger partial charge in [0.1, 0.15) is 0 Å². The first-order chi connectivity index (χ1) is 10.0. The lowest BCUT2D eigenvalue weighted by Crippen LogP contribution is -2.03. The topological polar surface area (TPSA) is 95.6 Å². The highest BCUT2D eigenvalue weighted by Gasteiger charge is 2.13. The predicted molar refractivity (Wildman–Crippen MR) is 85.9 cm³/mol. The zero-order valence-electron chi connectivity index (χ0n) is 11.3. The predicted octanol–water partition coefficient (Wildman–Crippen LogP) is 2.56. The summed E-state index contributed by atoms with van der Waals surface area (Å²) in [5.41, 5.74) is 15.6. The minimum atomic E-state index is 0.575. The van der Waals surface area contributed by atoms with Crippen molar-refractivity contribution in [1.82, 2.24) is 20.2 Å². The highest BCUT2D eigenvalue weighted by Crippen LogP contribution is 2.26. The molecule has 0 fully saturated rings. The van der Waals surface area contributed by atoms with Crippen LogP contribution in [0.15, 0.2) is 40.9 Å². The summed E-state index contributed by atoms with van der Waals surface area (Å²) in [6, 6.07) is 11.2. The van der Waals surface area contributed by atoms with Crippen molar-refractivity contribution >= 4 is 27.3 Å². The van der Waals surface area contributed by atoms with Gasteiger partial charge < -0.3 is 11.5 Å². The average molecular weight is 345 g/mol. The molecule has 0 aliphatic heterocycles. The Morgan fingerprint density at radius 2 is 1.76 bits per heavy atom. The molecular formula is C14H13BrN6. The van der Waals surface area contributed by atoms with Crippen LogP contribution in [0.5, 0.6) is 0 Å². The maximum absolute atomic E-state index is 5.84. The molecule has 0 spiro atoms. The van der Waals surface area contributed by atoms with Crippen molar-refractivity contribution in [3.63, 3.8) is 0 Å². The summed E-state index contributed by atoms with van der Waals surface area (Å²) in [6.45, 7) is 2.00. The van der Waals surface area contributed by atoms with Gasteiger partial charge in [-0.1, -0.05) is 22.0 Å². The zero-order chi connectivity index (χ0) is 15.0. The van der Waals surface area contributed by atoms with Crippen molar-refractivity contribution in [1.29, 1.82) is 0 Å². The fourth-order valence-corrected chi connectivity index (χ4v) is 2.49. The fourth-order valence-electron chi connectivity index (χ4n) is 2.15. The van der Waals surface area contributed by atoms with Crippen LogP contribution in [0.2, 0.25) is 0 Å². The third-order valence-electron chi connectivity index (χ3n) is 3.10. The lowest BCUT2D eigenvalue weighted by Gasteiger charge is -2.09. The molecule has 0 radical (unpaired) electrons. The van der Waals surface area contributed by atoms with Gasteiger partial charge in [0.05, 0.1) is 5.69 Å². The molecule has 3 aromatic rings. The largest absolute Gasteiger partial charge is 0.399 e. The molecule has 2 aromatic carbocycles. The van der Waals surface area contributed by atoms with E-state index in [-0.39, 0.29) is 0 Å². The Morgan fingerprint density at radius 3 is 2.48 bits per heavy atom. The van der Waals surface area contributed by atoms with Gasteiger partial charge in [-0.05, 0) is 53.2 Å². The number of tetrazole rings is 1. The zero-order valence-corrected chi connectivity index (χ0v) is 12.9. The molecule has 1 heterocycles. The van der Waals surface area contributed by atoms with E-state index in [0.717, 1.165) is 21.3 Å². The Labute approximate surface area is 129 Å². The average Bonchev–Trinajstić information content (AvgIpc) is 2.89. The number of nitrogens with two attached hydrogens (primary N) is 2. The second kappa shape index (κ2) is 5.17. The molecule has 1 aromatic heterocycles. The van der Waals surface area contributed by atoms with Crippen molar-refractivity contribution in [2.75, 3.05) is 11.5 Å². The van der Waals surface area contributed by atoms with Gasteiger partial charge in [0.15, 0.2) is 5.82 Å². The van der Waals surface area contributed by atoms with Crippen molar-refractivity contribution in [3.05, 3.63) is 46.4 Å². The molecular weight excluding hydrogens is 332 g/mol. The summed E-state index contributed by atoms with van der Waals surface area (Å²) in [4.78, 5) is 0. The van der Waals surface area contributed by atoms with Crippen LogP contribution in [0, 0.1) is 6.92 Å². The Kier molecular flexibility index (Phi) is 3.34. The number of hydrogen-bond donors (Lipinski definition) is 2. The number of aromatic nitrogens is 4. The van der Waals surface area contributed by atoms with Crippen LogP contribution in [0.25, 0.3) is 17.1 Å². The van der Waals surface area contributed by atoms with Gasteiger partial charge in [0.25, 0.3) is 0 Å². The highest BCUT2D eigenvalue weighted by atomic mass is 79.9. The van der Waals surface area contributed by atoms with E-state index >= 15 is 0 Å². The SMILES string of the molecule is Cc1ccc(Br)cc1-n1nnnc1-c1cc(N)cc(N)c1. The number of benzene rings is 2. The Hall–Kier alpha value is -2.41. The molecule has 0 atom stereocenters. The summed E-state index contributed by atoms with van der Waals surface area (Å²) in [7, 11) is 0. The second-order valence-corrected chi connectivity index (χ2v) is 5.65. The van der Waals surface area contributed by atoms with Crippen LogP contribution in [-0.2, 0) is 0 Å². The van der Waals surface area contributed by atoms with E-state index in [4.69, 9.17) is 11.5 Å². The van der Waals surface area contributed by atoms with E-state index in [1.165, 1.54) is 0 Å². The lowest BCUT2D eigenvalue weighted by molar-refractivity contribution is 0.787. The maximum Gasteiger partial charge on any atom is 0.187 e. The van der Waals surface area contributed by atoms with E-state index < -0.39 is 0 Å². The smallest absolute Gasteiger partial charge is 0.187 e. The van der Waals surface area contributed by atoms with Crippen LogP contribution >= 0.6 is 15.9 Å². The standard InChI is InChI=1S/C14H13BrN6/c1-8-2-3-10(15)6-13(8)21-14(18-19-20-21)9-4-11(16)7-12(17)5-9/h2-7H,16-17H2,1H3. The molecule has 6 nitrogen and oxygen atoms in total. The van der Waals surface area contributed by atoms with Crippen LogP contribution < -0.4 is 11.5 Å². The first-order valence-corrected chi connectivity index (χ1v) is 7.05. The first-order valence-electron chi connectivity index (χ1n) is 6.26. The molecule has 3 rings (SSSR count). The molecule has 0 saturated carbocycles. The van der Waals surface area contributed by atoms with Crippen LogP contribution in [0.1, 0.15) is 5.56 Å². The van der Waals surface area contributed by atoms with E-state index in [0.29, 0.717) is 17.2 Å². The number of nitrogens with zero attached hydrogens (tertiary/aromatic N) is 4. The first kappa shape index (κ1) is 13.6. The van der Waals surface area contributed by atoms with E-state index in [1.807, 2.05) is 25.1 Å². The normalized spacial score (nSPS) is 10.8. The minimum Gasteiger partial charge on any atom is -0.399 e. The number of halogens is 1. The Morgan fingerprint density at radius 1 is 1.05 bits per heavy atom. The van der Waals surface area contributed by atoms with Gasteiger partial charge in [-0.15, -0.1) is 5.10 Å². The van der Waals surface area contributed by atoms with E-state index in [9.17, 15) is 0 Å². The van der Waals surface area contributed by atoms with Gasteiger partial charge in [0, 0.05) is 21.4 Å². The fraction of sp³-hybridized carbons (Fsp3) is 0.0714. The summed E-state index contributed by atoms with van der Waals surface area (Å²) in [5.74, 6) is 0.593. The number of hydrogen-bond acceptors (Lipinski definition) is 5. The van der Waals surface area contributed by atoms with Crippen molar-refractivity contribution in [2.24, 2.45) is 0 Å². The van der Waals surface area contributed by atoms with Crippen molar-refractivity contribution in [3.8, 4) is 17.1 Å². The van der Waals surface area contributed by atoms with Gasteiger partial charge >= 0.3 is 0 Å². The Balaban J connectivity index is 2.19. The van der Waals surface area contributed by atoms with Crippen molar-refractivity contribution < 1.29 is 0 Å². The van der Waals surface area contributed by atoms with Gasteiger partial charge in [-0.25, -0.2) is 0 Å². The second-order valence-electron chi connectivity index (χ2n) is 4.73. The molecule has 4 N–H and O–H groups in total. The summed E-state index contributed by atoms with van der Waals surface area (Å²) >= 11 is 3.46. The quantitative estimate of drug-likeness (QED) is 0.696. The summed E-state index contributed by atoms with van der Waals surface area (Å²) < 4.78 is 2.63. The summed E-state index contributed by atoms with van der Waals surface area (Å²) in [5, 5.41) is 11.9. The van der Waals surface area contributed by atoms with Crippen LogP contribution in [0.3, 0.4) is 0 Å². The number of anilines is 2. The monoisotopic (exact) mass is 344 g/mol. The molecule has 0 amide bonds. The number of aryl methyl sites for hydroxylation is 1. The highest BCUT2D eigenvalue weighted by molar-refractivity contribution is 9.10. The third-order valence-corrected chi connectivity index (χ3v) is 3.60. The van der Waals surface area contributed by atoms with Crippen LogP contribution in [0.4, 0.5) is 11.4 Å². The lowest BCUT2D eigenvalue weighted by atomic mass is 10.1.